The van der Waals surface area contributed by atoms with Crippen LogP contribution in [0.3, 0.4) is 0 Å². The van der Waals surface area contributed by atoms with Crippen LogP contribution < -0.4 is 9.47 Å². The Bertz CT molecular complexity index is 1100. The summed E-state index contributed by atoms with van der Waals surface area (Å²) in [5.74, 6) is 0.666. The lowest BCUT2D eigenvalue weighted by Gasteiger charge is -2.09. The van der Waals surface area contributed by atoms with Gasteiger partial charge in [-0.3, -0.25) is 0 Å². The van der Waals surface area contributed by atoms with Crippen molar-refractivity contribution in [2.24, 2.45) is 0 Å². The first-order chi connectivity index (χ1) is 13.4. The van der Waals surface area contributed by atoms with E-state index in [2.05, 4.69) is 20.1 Å². The van der Waals surface area contributed by atoms with E-state index in [4.69, 9.17) is 13.7 Å². The molecule has 4 rings (SSSR count). The molecule has 0 atom stereocenters. The second-order valence-electron chi connectivity index (χ2n) is 5.77. The molecule has 0 spiro atoms. The van der Waals surface area contributed by atoms with Crippen LogP contribution in [0.4, 0.5) is 13.2 Å². The van der Waals surface area contributed by atoms with Crippen molar-refractivity contribution in [1.82, 2.24) is 15.4 Å². The maximum Gasteiger partial charge on any atom is 0.573 e. The van der Waals surface area contributed by atoms with Gasteiger partial charge in [0.05, 0.1) is 5.39 Å². The van der Waals surface area contributed by atoms with E-state index in [1.165, 1.54) is 24.3 Å². The molecule has 0 aliphatic carbocycles. The van der Waals surface area contributed by atoms with E-state index in [0.29, 0.717) is 28.3 Å². The van der Waals surface area contributed by atoms with E-state index in [9.17, 15) is 13.2 Å². The van der Waals surface area contributed by atoms with Gasteiger partial charge in [-0.05, 0) is 40.5 Å². The van der Waals surface area contributed by atoms with Crippen LogP contribution in [-0.2, 0) is 6.61 Å². The van der Waals surface area contributed by atoms with E-state index in [1.807, 2.05) is 0 Å². The van der Waals surface area contributed by atoms with Gasteiger partial charge >= 0.3 is 6.36 Å². The fourth-order valence-electron chi connectivity index (χ4n) is 2.58. The van der Waals surface area contributed by atoms with E-state index in [-0.39, 0.29) is 18.2 Å². The monoisotopic (exact) mass is 391 g/mol. The standard InChI is InChI=1S/C18H12F3N3O4/c1-10-22-23-16(26-10)9-25-17-14-8-12(4-7-15(14)28-24-17)11-2-5-13(6-3-11)27-18(19,20)21/h2-8H,9H2,1H3. The molecule has 0 aliphatic rings. The topological polar surface area (TPSA) is 83.4 Å². The number of aryl methyl sites for hydroxylation is 1. The predicted molar refractivity (Wildman–Crippen MR) is 89.5 cm³/mol. The SMILES string of the molecule is Cc1nnc(COc2noc3ccc(-c4ccc(OC(F)(F)F)cc4)cc23)o1. The summed E-state index contributed by atoms with van der Waals surface area (Å²) in [4.78, 5) is 0. The quantitative estimate of drug-likeness (QED) is 0.489. The maximum absolute atomic E-state index is 12.3. The highest BCUT2D eigenvalue weighted by atomic mass is 19.4. The molecule has 0 aliphatic heterocycles. The number of aromatic nitrogens is 3. The highest BCUT2D eigenvalue weighted by molar-refractivity contribution is 5.87. The average molecular weight is 391 g/mol. The Hall–Kier alpha value is -3.56. The number of nitrogens with zero attached hydrogens (tertiary/aromatic N) is 3. The van der Waals surface area contributed by atoms with Crippen LogP contribution in [0.1, 0.15) is 11.8 Å². The highest BCUT2D eigenvalue weighted by Gasteiger charge is 2.31. The summed E-state index contributed by atoms with van der Waals surface area (Å²) in [6, 6.07) is 10.8. The Morgan fingerprint density at radius 3 is 2.43 bits per heavy atom. The Morgan fingerprint density at radius 2 is 1.75 bits per heavy atom. The molecule has 2 aromatic carbocycles. The third-order valence-electron chi connectivity index (χ3n) is 3.76. The predicted octanol–water partition coefficient (Wildman–Crippen LogP) is 4.66. The van der Waals surface area contributed by atoms with Crippen molar-refractivity contribution >= 4 is 11.0 Å². The molecule has 0 saturated carbocycles. The zero-order valence-corrected chi connectivity index (χ0v) is 14.4. The van der Waals surface area contributed by atoms with E-state index >= 15 is 0 Å². The van der Waals surface area contributed by atoms with Crippen molar-refractivity contribution in [1.29, 1.82) is 0 Å². The van der Waals surface area contributed by atoms with Crippen LogP contribution in [-0.4, -0.2) is 21.7 Å². The van der Waals surface area contributed by atoms with Crippen LogP contribution in [0.25, 0.3) is 22.1 Å². The molecule has 4 aromatic rings. The van der Waals surface area contributed by atoms with Gasteiger partial charge in [0, 0.05) is 6.92 Å². The Balaban J connectivity index is 1.56. The fraction of sp³-hybridized carbons (Fsp3) is 0.167. The smallest absolute Gasteiger partial charge is 0.465 e. The van der Waals surface area contributed by atoms with Crippen molar-refractivity contribution in [3.63, 3.8) is 0 Å². The third-order valence-corrected chi connectivity index (χ3v) is 3.76. The molecule has 144 valence electrons. The van der Waals surface area contributed by atoms with E-state index in [1.54, 1.807) is 25.1 Å². The summed E-state index contributed by atoms with van der Waals surface area (Å²) < 4.78 is 56.7. The molecule has 0 amide bonds. The molecule has 0 radical (unpaired) electrons. The minimum Gasteiger partial charge on any atom is -0.465 e. The Kier molecular flexibility index (Phi) is 4.38. The zero-order chi connectivity index (χ0) is 19.7. The first kappa shape index (κ1) is 17.8. The van der Waals surface area contributed by atoms with Crippen LogP contribution >= 0.6 is 0 Å². The largest absolute Gasteiger partial charge is 0.573 e. The summed E-state index contributed by atoms with van der Waals surface area (Å²) in [6.45, 7) is 1.69. The lowest BCUT2D eigenvalue weighted by Crippen LogP contribution is -2.16. The normalized spacial score (nSPS) is 11.7. The van der Waals surface area contributed by atoms with Gasteiger partial charge in [0.2, 0.25) is 5.89 Å². The van der Waals surface area contributed by atoms with Crippen molar-refractivity contribution in [2.45, 2.75) is 19.9 Å². The molecule has 2 aromatic heterocycles. The number of ether oxygens (including phenoxy) is 2. The van der Waals surface area contributed by atoms with Gasteiger partial charge in [0.15, 0.2) is 12.2 Å². The summed E-state index contributed by atoms with van der Waals surface area (Å²) in [6.07, 6.45) is -4.73. The number of hydrogen-bond acceptors (Lipinski definition) is 7. The minimum atomic E-state index is -4.73. The third kappa shape index (κ3) is 3.90. The van der Waals surface area contributed by atoms with Gasteiger partial charge in [0.1, 0.15) is 5.75 Å². The molecule has 28 heavy (non-hydrogen) atoms. The van der Waals surface area contributed by atoms with Crippen molar-refractivity contribution < 1.29 is 31.6 Å². The molecule has 0 unspecified atom stereocenters. The van der Waals surface area contributed by atoms with E-state index < -0.39 is 6.36 Å². The van der Waals surface area contributed by atoms with Crippen LogP contribution in [0.15, 0.2) is 51.4 Å². The maximum atomic E-state index is 12.3. The summed E-state index contributed by atoms with van der Waals surface area (Å²) in [5, 5.41) is 12.0. The van der Waals surface area contributed by atoms with Gasteiger partial charge in [-0.25, -0.2) is 0 Å². The molecular weight excluding hydrogens is 379 g/mol. The van der Waals surface area contributed by atoms with Gasteiger partial charge in [0.25, 0.3) is 11.8 Å². The number of alkyl halides is 3. The lowest BCUT2D eigenvalue weighted by atomic mass is 10.0. The fourth-order valence-corrected chi connectivity index (χ4v) is 2.58. The van der Waals surface area contributed by atoms with Gasteiger partial charge in [-0.15, -0.1) is 23.4 Å². The molecule has 0 saturated heterocycles. The van der Waals surface area contributed by atoms with Crippen LogP contribution in [0.5, 0.6) is 11.6 Å². The van der Waals surface area contributed by atoms with Gasteiger partial charge in [-0.1, -0.05) is 18.2 Å². The van der Waals surface area contributed by atoms with Gasteiger partial charge in [-0.2, -0.15) is 0 Å². The van der Waals surface area contributed by atoms with Crippen molar-refractivity contribution in [2.75, 3.05) is 0 Å². The first-order valence-electron chi connectivity index (χ1n) is 8.05. The van der Waals surface area contributed by atoms with Crippen LogP contribution in [0.2, 0.25) is 0 Å². The second-order valence-corrected chi connectivity index (χ2v) is 5.77. The Labute approximate surface area is 155 Å². The average Bonchev–Trinajstić information content (AvgIpc) is 3.24. The molecule has 10 heteroatoms. The van der Waals surface area contributed by atoms with Gasteiger partial charge < -0.3 is 18.4 Å². The summed E-state index contributed by atoms with van der Waals surface area (Å²) >= 11 is 0. The number of benzene rings is 2. The number of rotatable bonds is 5. The molecule has 2 heterocycles. The summed E-state index contributed by atoms with van der Waals surface area (Å²) in [5.41, 5.74) is 1.93. The molecule has 0 N–H and O–H groups in total. The molecule has 0 fully saturated rings. The minimum absolute atomic E-state index is 0.0240. The Morgan fingerprint density at radius 1 is 1.00 bits per heavy atom. The lowest BCUT2D eigenvalue weighted by molar-refractivity contribution is -0.274. The number of fused-ring (bicyclic) bond motifs is 1. The number of halogens is 3. The zero-order valence-electron chi connectivity index (χ0n) is 14.4. The number of hydrogen-bond donors (Lipinski definition) is 0. The van der Waals surface area contributed by atoms with Crippen molar-refractivity contribution in [3.8, 4) is 22.8 Å². The molecule has 0 bridgehead atoms. The summed E-state index contributed by atoms with van der Waals surface area (Å²) in [7, 11) is 0. The molecule has 7 nitrogen and oxygen atoms in total. The molecular formula is C18H12F3N3O4. The second kappa shape index (κ2) is 6.87. The van der Waals surface area contributed by atoms with Crippen LogP contribution in [0, 0.1) is 6.92 Å². The first-order valence-corrected chi connectivity index (χ1v) is 8.05. The van der Waals surface area contributed by atoms with Crippen molar-refractivity contribution in [3.05, 3.63) is 54.2 Å². The highest BCUT2D eigenvalue weighted by Crippen LogP contribution is 2.32. The van der Waals surface area contributed by atoms with E-state index in [0.717, 1.165) is 5.56 Å².